The van der Waals surface area contributed by atoms with Crippen LogP contribution in [0.25, 0.3) is 0 Å². The Morgan fingerprint density at radius 1 is 1.39 bits per heavy atom. The molecule has 0 atom stereocenters. The number of carbonyl (C=O) groups excluding carboxylic acids is 2. The first-order valence-corrected chi connectivity index (χ1v) is 5.66. The number of esters is 1. The molecule has 1 amide bonds. The normalized spacial score (nSPS) is 10.9. The SMILES string of the molecule is COC(=O)c1cccnc1NC(=O)CC(C)(C)C. The van der Waals surface area contributed by atoms with Crippen LogP contribution in [0.2, 0.25) is 0 Å². The molecule has 5 nitrogen and oxygen atoms in total. The highest BCUT2D eigenvalue weighted by Gasteiger charge is 2.19. The van der Waals surface area contributed by atoms with E-state index in [0.717, 1.165) is 0 Å². The van der Waals surface area contributed by atoms with Gasteiger partial charge in [0, 0.05) is 12.6 Å². The minimum atomic E-state index is -0.519. The lowest BCUT2D eigenvalue weighted by atomic mass is 9.92. The Morgan fingerprint density at radius 2 is 2.06 bits per heavy atom. The number of hydrogen-bond acceptors (Lipinski definition) is 4. The maximum absolute atomic E-state index is 11.8. The molecule has 0 saturated heterocycles. The second kappa shape index (κ2) is 5.62. The van der Waals surface area contributed by atoms with Gasteiger partial charge in [-0.05, 0) is 17.5 Å². The monoisotopic (exact) mass is 250 g/mol. The molecule has 0 bridgehead atoms. The Morgan fingerprint density at radius 3 is 2.61 bits per heavy atom. The lowest BCUT2D eigenvalue weighted by Gasteiger charge is -2.17. The second-order valence-corrected chi connectivity index (χ2v) is 5.18. The van der Waals surface area contributed by atoms with Gasteiger partial charge in [-0.2, -0.15) is 0 Å². The molecule has 18 heavy (non-hydrogen) atoms. The van der Waals surface area contributed by atoms with Crippen molar-refractivity contribution in [3.63, 3.8) is 0 Å². The summed E-state index contributed by atoms with van der Waals surface area (Å²) in [6.07, 6.45) is 1.86. The maximum Gasteiger partial charge on any atom is 0.341 e. The average molecular weight is 250 g/mol. The third-order valence-electron chi connectivity index (χ3n) is 2.16. The predicted octanol–water partition coefficient (Wildman–Crippen LogP) is 2.24. The van der Waals surface area contributed by atoms with E-state index in [1.165, 1.54) is 13.3 Å². The van der Waals surface area contributed by atoms with Crippen molar-refractivity contribution in [3.05, 3.63) is 23.9 Å². The summed E-state index contributed by atoms with van der Waals surface area (Å²) in [5.74, 6) is -0.459. The van der Waals surface area contributed by atoms with Gasteiger partial charge in [-0.25, -0.2) is 9.78 Å². The van der Waals surface area contributed by atoms with Gasteiger partial charge < -0.3 is 10.1 Å². The Labute approximate surface area is 107 Å². The standard InChI is InChI=1S/C13H18N2O3/c1-13(2,3)8-10(16)15-11-9(12(17)18-4)6-5-7-14-11/h5-7H,8H2,1-4H3,(H,14,15,16). The summed E-state index contributed by atoms with van der Waals surface area (Å²) in [5.41, 5.74) is 0.131. The van der Waals surface area contributed by atoms with Crippen molar-refractivity contribution in [2.45, 2.75) is 27.2 Å². The summed E-state index contributed by atoms with van der Waals surface area (Å²) in [6.45, 7) is 5.89. The van der Waals surface area contributed by atoms with Gasteiger partial charge in [0.25, 0.3) is 0 Å². The number of nitrogens with one attached hydrogen (secondary N) is 1. The summed E-state index contributed by atoms with van der Waals surface area (Å²) in [4.78, 5) is 27.3. The van der Waals surface area contributed by atoms with E-state index in [-0.39, 0.29) is 22.7 Å². The molecule has 0 spiro atoms. The van der Waals surface area contributed by atoms with Gasteiger partial charge in [0.15, 0.2) is 0 Å². The quantitative estimate of drug-likeness (QED) is 0.835. The molecule has 0 saturated carbocycles. The van der Waals surface area contributed by atoms with Gasteiger partial charge in [-0.3, -0.25) is 4.79 Å². The molecule has 1 N–H and O–H groups in total. The molecule has 0 radical (unpaired) electrons. The molecule has 0 aliphatic rings. The fourth-order valence-corrected chi connectivity index (χ4v) is 1.44. The van der Waals surface area contributed by atoms with E-state index in [0.29, 0.717) is 6.42 Å². The fourth-order valence-electron chi connectivity index (χ4n) is 1.44. The van der Waals surface area contributed by atoms with E-state index in [1.807, 2.05) is 20.8 Å². The molecule has 0 aromatic carbocycles. The molecule has 0 unspecified atom stereocenters. The van der Waals surface area contributed by atoms with Crippen molar-refractivity contribution in [1.29, 1.82) is 0 Å². The Kier molecular flexibility index (Phi) is 4.42. The molecule has 1 rings (SSSR count). The van der Waals surface area contributed by atoms with E-state index in [2.05, 4.69) is 15.0 Å². The van der Waals surface area contributed by atoms with Gasteiger partial charge in [-0.15, -0.1) is 0 Å². The molecular formula is C13H18N2O3. The molecule has 0 fully saturated rings. The first-order valence-electron chi connectivity index (χ1n) is 5.66. The zero-order chi connectivity index (χ0) is 13.8. The van der Waals surface area contributed by atoms with Crippen molar-refractivity contribution in [3.8, 4) is 0 Å². The fraction of sp³-hybridized carbons (Fsp3) is 0.462. The second-order valence-electron chi connectivity index (χ2n) is 5.18. The number of anilines is 1. The highest BCUT2D eigenvalue weighted by atomic mass is 16.5. The predicted molar refractivity (Wildman–Crippen MR) is 68.3 cm³/mol. The lowest BCUT2D eigenvalue weighted by Crippen LogP contribution is -2.21. The van der Waals surface area contributed by atoms with Gasteiger partial charge in [0.1, 0.15) is 11.4 Å². The van der Waals surface area contributed by atoms with Gasteiger partial charge in [0.2, 0.25) is 5.91 Å². The van der Waals surface area contributed by atoms with E-state index in [9.17, 15) is 9.59 Å². The van der Waals surface area contributed by atoms with Crippen LogP contribution in [0.4, 0.5) is 5.82 Å². The lowest BCUT2D eigenvalue weighted by molar-refractivity contribution is -0.117. The van der Waals surface area contributed by atoms with Crippen molar-refractivity contribution in [1.82, 2.24) is 4.98 Å². The number of aromatic nitrogens is 1. The maximum atomic E-state index is 11.8. The van der Waals surface area contributed by atoms with Crippen LogP contribution < -0.4 is 5.32 Å². The summed E-state index contributed by atoms with van der Waals surface area (Å²) in [5, 5.41) is 2.63. The topological polar surface area (TPSA) is 68.3 Å². The molecule has 1 heterocycles. The van der Waals surface area contributed by atoms with Gasteiger partial charge in [0.05, 0.1) is 7.11 Å². The van der Waals surface area contributed by atoms with Crippen LogP contribution in [0.5, 0.6) is 0 Å². The first kappa shape index (κ1) is 14.2. The Bertz CT molecular complexity index is 450. The number of pyridine rings is 1. The van der Waals surface area contributed by atoms with Crippen molar-refractivity contribution < 1.29 is 14.3 Å². The van der Waals surface area contributed by atoms with Crippen LogP contribution in [-0.2, 0) is 9.53 Å². The largest absolute Gasteiger partial charge is 0.465 e. The third-order valence-corrected chi connectivity index (χ3v) is 2.16. The summed E-state index contributed by atoms with van der Waals surface area (Å²) < 4.78 is 4.63. The third kappa shape index (κ3) is 4.16. The molecule has 0 aliphatic heterocycles. The summed E-state index contributed by atoms with van der Waals surface area (Å²) >= 11 is 0. The zero-order valence-corrected chi connectivity index (χ0v) is 11.1. The Hall–Kier alpha value is -1.91. The molecular weight excluding hydrogens is 232 g/mol. The van der Waals surface area contributed by atoms with E-state index in [1.54, 1.807) is 12.1 Å². The molecule has 1 aromatic rings. The van der Waals surface area contributed by atoms with E-state index in [4.69, 9.17) is 0 Å². The number of rotatable bonds is 3. The number of nitrogens with zero attached hydrogens (tertiary/aromatic N) is 1. The number of ether oxygens (including phenoxy) is 1. The van der Waals surface area contributed by atoms with E-state index >= 15 is 0 Å². The highest BCUT2D eigenvalue weighted by Crippen LogP contribution is 2.20. The number of amides is 1. The smallest absolute Gasteiger partial charge is 0.341 e. The number of carbonyl (C=O) groups is 2. The first-order chi connectivity index (χ1) is 8.33. The zero-order valence-electron chi connectivity index (χ0n) is 11.1. The summed E-state index contributed by atoms with van der Waals surface area (Å²) in [7, 11) is 1.29. The van der Waals surface area contributed by atoms with Crippen LogP contribution in [0, 0.1) is 5.41 Å². The molecule has 98 valence electrons. The van der Waals surface area contributed by atoms with Crippen LogP contribution in [-0.4, -0.2) is 24.0 Å². The van der Waals surface area contributed by atoms with Crippen molar-refractivity contribution >= 4 is 17.7 Å². The molecule has 5 heteroatoms. The van der Waals surface area contributed by atoms with Crippen LogP contribution in [0.3, 0.4) is 0 Å². The van der Waals surface area contributed by atoms with Crippen LogP contribution >= 0.6 is 0 Å². The number of methoxy groups -OCH3 is 1. The van der Waals surface area contributed by atoms with Crippen molar-refractivity contribution in [2.75, 3.05) is 12.4 Å². The minimum Gasteiger partial charge on any atom is -0.465 e. The minimum absolute atomic E-state index is 0.121. The number of hydrogen-bond donors (Lipinski definition) is 1. The van der Waals surface area contributed by atoms with Gasteiger partial charge >= 0.3 is 5.97 Å². The van der Waals surface area contributed by atoms with Crippen LogP contribution in [0.15, 0.2) is 18.3 Å². The Balaban J connectivity index is 2.85. The molecule has 1 aromatic heterocycles. The summed E-state index contributed by atoms with van der Waals surface area (Å²) in [6, 6.07) is 3.18. The van der Waals surface area contributed by atoms with E-state index < -0.39 is 5.97 Å². The van der Waals surface area contributed by atoms with Gasteiger partial charge in [-0.1, -0.05) is 20.8 Å². The van der Waals surface area contributed by atoms with Crippen LogP contribution in [0.1, 0.15) is 37.6 Å². The molecule has 0 aliphatic carbocycles. The highest BCUT2D eigenvalue weighted by molar-refractivity contribution is 6.00. The van der Waals surface area contributed by atoms with Crippen molar-refractivity contribution in [2.24, 2.45) is 5.41 Å². The average Bonchev–Trinajstić information content (AvgIpc) is 2.26.